The van der Waals surface area contributed by atoms with Gasteiger partial charge in [0, 0.05) is 17.7 Å². The van der Waals surface area contributed by atoms with Crippen LogP contribution in [0.2, 0.25) is 0 Å². The maximum atomic E-state index is 10.9. The molecule has 0 amide bonds. The minimum absolute atomic E-state index is 0.0595. The Hall–Kier alpha value is -3.44. The molecule has 0 fully saturated rings. The van der Waals surface area contributed by atoms with Crippen LogP contribution in [0.15, 0.2) is 47.6 Å². The summed E-state index contributed by atoms with van der Waals surface area (Å²) < 4.78 is 6.42. The predicted molar refractivity (Wildman–Crippen MR) is 98.3 cm³/mol. The van der Waals surface area contributed by atoms with Crippen molar-refractivity contribution in [3.63, 3.8) is 0 Å². The van der Waals surface area contributed by atoms with Crippen LogP contribution in [-0.2, 0) is 0 Å². The number of nitrogens with zero attached hydrogens (tertiary/aromatic N) is 3. The van der Waals surface area contributed by atoms with E-state index in [9.17, 15) is 10.1 Å². The van der Waals surface area contributed by atoms with Gasteiger partial charge in [-0.25, -0.2) is 4.98 Å². The van der Waals surface area contributed by atoms with Crippen LogP contribution in [0.5, 0.6) is 5.75 Å². The van der Waals surface area contributed by atoms with Gasteiger partial charge in [-0.15, -0.1) is 6.42 Å². The lowest BCUT2D eigenvalue weighted by molar-refractivity contribution is -0.384. The zero-order chi connectivity index (χ0) is 17.6. The number of hydrogen-bond acceptors (Lipinski definition) is 7. The molecule has 0 aliphatic carbocycles. The molecule has 0 unspecified atom stereocenters. The zero-order valence-electron chi connectivity index (χ0n) is 12.9. The van der Waals surface area contributed by atoms with E-state index in [0.717, 1.165) is 10.2 Å². The predicted octanol–water partition coefficient (Wildman–Crippen LogP) is 3.66. The van der Waals surface area contributed by atoms with Gasteiger partial charge in [0.25, 0.3) is 5.69 Å². The van der Waals surface area contributed by atoms with Gasteiger partial charge in [-0.1, -0.05) is 29.4 Å². The molecule has 0 saturated carbocycles. The molecule has 2 aromatic carbocycles. The Morgan fingerprint density at radius 1 is 1.40 bits per heavy atom. The van der Waals surface area contributed by atoms with Gasteiger partial charge in [-0.3, -0.25) is 15.5 Å². The molecule has 3 rings (SSSR count). The minimum atomic E-state index is -0.483. The maximum absolute atomic E-state index is 10.9. The van der Waals surface area contributed by atoms with E-state index in [1.807, 2.05) is 24.3 Å². The summed E-state index contributed by atoms with van der Waals surface area (Å²) in [5.74, 6) is 2.77. The summed E-state index contributed by atoms with van der Waals surface area (Å²) in [7, 11) is 0. The summed E-state index contributed by atoms with van der Waals surface area (Å²) in [4.78, 5) is 14.8. The quantitative estimate of drug-likeness (QED) is 0.316. The monoisotopic (exact) mass is 352 g/mol. The largest absolute Gasteiger partial charge is 0.480 e. The molecular weight excluding hydrogens is 340 g/mol. The minimum Gasteiger partial charge on any atom is -0.480 e. The van der Waals surface area contributed by atoms with Gasteiger partial charge in [-0.05, 0) is 18.2 Å². The van der Waals surface area contributed by atoms with Crippen molar-refractivity contribution in [2.24, 2.45) is 5.10 Å². The molecule has 1 N–H and O–H groups in total. The van der Waals surface area contributed by atoms with Crippen LogP contribution in [0, 0.1) is 22.5 Å². The maximum Gasteiger partial charge on any atom is 0.270 e. The third-order valence-electron chi connectivity index (χ3n) is 3.17. The number of nitro benzene ring substituents is 1. The van der Waals surface area contributed by atoms with E-state index in [1.54, 1.807) is 0 Å². The summed E-state index contributed by atoms with van der Waals surface area (Å²) in [6.07, 6.45) is 6.62. The Labute approximate surface area is 147 Å². The van der Waals surface area contributed by atoms with Crippen molar-refractivity contribution in [3.8, 4) is 18.1 Å². The smallest absolute Gasteiger partial charge is 0.270 e. The molecule has 124 valence electrons. The van der Waals surface area contributed by atoms with Crippen LogP contribution < -0.4 is 10.2 Å². The second-order valence-electron chi connectivity index (χ2n) is 4.83. The molecule has 25 heavy (non-hydrogen) atoms. The molecule has 0 bridgehead atoms. The Bertz CT molecular complexity index is 958. The Morgan fingerprint density at radius 2 is 2.24 bits per heavy atom. The van der Waals surface area contributed by atoms with Crippen LogP contribution in [0.25, 0.3) is 10.2 Å². The topological polar surface area (TPSA) is 89.7 Å². The van der Waals surface area contributed by atoms with E-state index in [-0.39, 0.29) is 12.3 Å². The molecule has 3 aromatic rings. The number of ether oxygens (including phenoxy) is 1. The lowest BCUT2D eigenvalue weighted by atomic mass is 10.2. The summed E-state index contributed by atoms with van der Waals surface area (Å²) in [5, 5.41) is 15.7. The first kappa shape index (κ1) is 16.4. The molecule has 0 aliphatic heterocycles. The van der Waals surface area contributed by atoms with Crippen LogP contribution >= 0.6 is 11.3 Å². The highest BCUT2D eigenvalue weighted by molar-refractivity contribution is 7.22. The number of non-ortho nitro benzene ring substituents is 1. The van der Waals surface area contributed by atoms with Gasteiger partial charge in [0.2, 0.25) is 5.13 Å². The number of hydrazone groups is 1. The molecule has 0 aliphatic rings. The van der Waals surface area contributed by atoms with Gasteiger partial charge in [0.05, 0.1) is 21.4 Å². The number of fused-ring (bicyclic) bond motifs is 1. The van der Waals surface area contributed by atoms with Crippen molar-refractivity contribution in [1.82, 2.24) is 4.98 Å². The molecule has 8 heteroatoms. The van der Waals surface area contributed by atoms with Crippen molar-refractivity contribution in [3.05, 3.63) is 58.1 Å². The average Bonchev–Trinajstić information content (AvgIpc) is 3.03. The van der Waals surface area contributed by atoms with Gasteiger partial charge in [0.15, 0.2) is 0 Å². The fourth-order valence-corrected chi connectivity index (χ4v) is 2.89. The number of benzene rings is 2. The molecule has 0 radical (unpaired) electrons. The SMILES string of the molecule is C#CCOc1ccc([N+](=O)[O-])cc1/C=N/Nc1nc2ccccc2s1. The molecule has 1 heterocycles. The number of nitrogens with one attached hydrogen (secondary N) is 1. The lowest BCUT2D eigenvalue weighted by Crippen LogP contribution is -2.00. The Kier molecular flexibility index (Phi) is 4.87. The van der Waals surface area contributed by atoms with Crippen molar-refractivity contribution >= 4 is 38.6 Å². The third kappa shape index (κ3) is 3.91. The lowest BCUT2D eigenvalue weighted by Gasteiger charge is -2.05. The van der Waals surface area contributed by atoms with Gasteiger partial charge < -0.3 is 4.74 Å². The van der Waals surface area contributed by atoms with Gasteiger partial charge in [-0.2, -0.15) is 5.10 Å². The normalized spacial score (nSPS) is 10.7. The van der Waals surface area contributed by atoms with Gasteiger partial charge in [0.1, 0.15) is 12.4 Å². The van der Waals surface area contributed by atoms with E-state index < -0.39 is 4.92 Å². The highest BCUT2D eigenvalue weighted by atomic mass is 32.1. The first-order valence-corrected chi connectivity index (χ1v) is 7.98. The Balaban J connectivity index is 1.81. The number of para-hydroxylation sites is 1. The van der Waals surface area contributed by atoms with E-state index in [4.69, 9.17) is 11.2 Å². The van der Waals surface area contributed by atoms with Crippen molar-refractivity contribution < 1.29 is 9.66 Å². The number of aromatic nitrogens is 1. The number of terminal acetylenes is 1. The fraction of sp³-hybridized carbons (Fsp3) is 0.0588. The second-order valence-corrected chi connectivity index (χ2v) is 5.86. The van der Waals surface area contributed by atoms with Crippen molar-refractivity contribution in [2.75, 3.05) is 12.0 Å². The molecule has 1 aromatic heterocycles. The summed E-state index contributed by atoms with van der Waals surface area (Å²) in [5.41, 5.74) is 4.08. The highest BCUT2D eigenvalue weighted by Gasteiger charge is 2.10. The van der Waals surface area contributed by atoms with Crippen molar-refractivity contribution in [1.29, 1.82) is 0 Å². The van der Waals surface area contributed by atoms with Crippen LogP contribution in [0.1, 0.15) is 5.56 Å². The molecular formula is C17H12N4O3S. The number of rotatable bonds is 6. The second kappa shape index (κ2) is 7.42. The Morgan fingerprint density at radius 3 is 3.00 bits per heavy atom. The summed E-state index contributed by atoms with van der Waals surface area (Å²) in [6.45, 7) is 0.0595. The van der Waals surface area contributed by atoms with Crippen LogP contribution in [0.3, 0.4) is 0 Å². The van der Waals surface area contributed by atoms with Gasteiger partial charge >= 0.3 is 0 Å². The fourth-order valence-electron chi connectivity index (χ4n) is 2.08. The molecule has 7 nitrogen and oxygen atoms in total. The highest BCUT2D eigenvalue weighted by Crippen LogP contribution is 2.26. The molecule has 0 spiro atoms. The third-order valence-corrected chi connectivity index (χ3v) is 4.11. The van der Waals surface area contributed by atoms with Crippen molar-refractivity contribution in [2.45, 2.75) is 0 Å². The summed E-state index contributed by atoms with van der Waals surface area (Å²) >= 11 is 1.46. The van der Waals surface area contributed by atoms with E-state index in [1.165, 1.54) is 35.8 Å². The van der Waals surface area contributed by atoms with Crippen LogP contribution in [0.4, 0.5) is 10.8 Å². The standard InChI is InChI=1S/C17H12N4O3S/c1-2-9-24-15-8-7-13(21(22)23)10-12(15)11-18-20-17-19-14-5-3-4-6-16(14)25-17/h1,3-8,10-11H,9H2,(H,19,20)/b18-11+. The van der Waals surface area contributed by atoms with E-state index in [0.29, 0.717) is 16.4 Å². The average molecular weight is 352 g/mol. The first-order valence-electron chi connectivity index (χ1n) is 7.17. The van der Waals surface area contributed by atoms with E-state index >= 15 is 0 Å². The number of anilines is 1. The summed E-state index contributed by atoms with van der Waals surface area (Å²) in [6, 6.07) is 11.9. The van der Waals surface area contributed by atoms with E-state index in [2.05, 4.69) is 21.4 Å². The van der Waals surface area contributed by atoms with Crippen LogP contribution in [-0.4, -0.2) is 22.7 Å². The number of thiazole rings is 1. The first-order chi connectivity index (χ1) is 12.2. The molecule has 0 saturated heterocycles. The zero-order valence-corrected chi connectivity index (χ0v) is 13.7. The number of hydrogen-bond donors (Lipinski definition) is 1. The molecule has 0 atom stereocenters. The number of nitro groups is 1.